The lowest BCUT2D eigenvalue weighted by molar-refractivity contribution is -0.134. The normalized spacial score (nSPS) is 11.1. The number of rotatable bonds is 5. The minimum absolute atomic E-state index is 0.374. The predicted molar refractivity (Wildman–Crippen MR) is 60.9 cm³/mol. The van der Waals surface area contributed by atoms with Gasteiger partial charge in [-0.25, -0.2) is 8.42 Å². The van der Waals surface area contributed by atoms with Gasteiger partial charge in [0.2, 0.25) is 10.0 Å². The zero-order valence-corrected chi connectivity index (χ0v) is 9.62. The molecule has 88 valence electrons. The minimum Gasteiger partial charge on any atom is -0.480 e. The van der Waals surface area contributed by atoms with Gasteiger partial charge in [-0.15, -0.1) is 0 Å². The summed E-state index contributed by atoms with van der Waals surface area (Å²) in [6, 6.07) is 6.80. The first-order valence-electron chi connectivity index (χ1n) is 4.74. The molecule has 0 aliphatic heterocycles. The van der Waals surface area contributed by atoms with Crippen LogP contribution in [0.5, 0.6) is 0 Å². The van der Waals surface area contributed by atoms with Gasteiger partial charge < -0.3 is 5.11 Å². The number of hydrogen-bond acceptors (Lipinski definition) is 3. The van der Waals surface area contributed by atoms with Gasteiger partial charge >= 0.3 is 5.97 Å². The lowest BCUT2D eigenvalue weighted by Gasteiger charge is -2.06. The Kier molecular flexibility index (Phi) is 3.89. The van der Waals surface area contributed by atoms with Crippen LogP contribution in [-0.2, 0) is 21.2 Å². The Morgan fingerprint density at radius 1 is 1.31 bits per heavy atom. The van der Waals surface area contributed by atoms with E-state index in [0.29, 0.717) is 5.69 Å². The zero-order valence-electron chi connectivity index (χ0n) is 8.80. The molecule has 2 N–H and O–H groups in total. The number of carboxylic acid groups (broad SMARTS) is 1. The Hall–Kier alpha value is -1.56. The summed E-state index contributed by atoms with van der Waals surface area (Å²) in [6.45, 7) is 1.99. The highest BCUT2D eigenvalue weighted by Gasteiger charge is 2.15. The van der Waals surface area contributed by atoms with Crippen molar-refractivity contribution in [3.05, 3.63) is 29.8 Å². The van der Waals surface area contributed by atoms with Crippen LogP contribution in [0.1, 0.15) is 12.5 Å². The summed E-state index contributed by atoms with van der Waals surface area (Å²) in [4.78, 5) is 10.3. The number of anilines is 1. The molecule has 0 amide bonds. The van der Waals surface area contributed by atoms with Gasteiger partial charge in [0.15, 0.2) is 5.75 Å². The van der Waals surface area contributed by atoms with Crippen LogP contribution < -0.4 is 4.72 Å². The minimum atomic E-state index is -3.80. The van der Waals surface area contributed by atoms with Gasteiger partial charge in [0, 0.05) is 5.69 Å². The van der Waals surface area contributed by atoms with Crippen LogP contribution in [0.15, 0.2) is 24.3 Å². The number of sulfonamides is 1. The second-order valence-electron chi connectivity index (χ2n) is 3.31. The highest BCUT2D eigenvalue weighted by molar-refractivity contribution is 7.93. The average molecular weight is 243 g/mol. The highest BCUT2D eigenvalue weighted by atomic mass is 32.2. The van der Waals surface area contributed by atoms with E-state index in [9.17, 15) is 13.2 Å². The topological polar surface area (TPSA) is 83.5 Å². The first-order valence-corrected chi connectivity index (χ1v) is 6.39. The fraction of sp³-hybridized carbons (Fsp3) is 0.300. The van der Waals surface area contributed by atoms with Gasteiger partial charge in [-0.1, -0.05) is 19.1 Å². The van der Waals surface area contributed by atoms with Crippen molar-refractivity contribution in [1.29, 1.82) is 0 Å². The third kappa shape index (κ3) is 3.90. The molecule has 0 fully saturated rings. The number of aliphatic carboxylic acids is 1. The van der Waals surface area contributed by atoms with E-state index in [-0.39, 0.29) is 0 Å². The molecule has 1 aromatic rings. The zero-order chi connectivity index (χ0) is 12.2. The number of nitrogens with one attached hydrogen (secondary N) is 1. The maximum absolute atomic E-state index is 11.3. The summed E-state index contributed by atoms with van der Waals surface area (Å²) in [5.74, 6) is -2.31. The first kappa shape index (κ1) is 12.5. The molecule has 0 spiro atoms. The number of hydrogen-bond donors (Lipinski definition) is 2. The van der Waals surface area contributed by atoms with Crippen LogP contribution in [0.4, 0.5) is 5.69 Å². The lowest BCUT2D eigenvalue weighted by Crippen LogP contribution is -2.22. The second kappa shape index (κ2) is 4.98. The molecule has 0 saturated carbocycles. The van der Waals surface area contributed by atoms with Crippen molar-refractivity contribution < 1.29 is 18.3 Å². The summed E-state index contributed by atoms with van der Waals surface area (Å²) in [7, 11) is -3.80. The maximum atomic E-state index is 11.3. The van der Waals surface area contributed by atoms with E-state index >= 15 is 0 Å². The molecule has 0 aliphatic rings. The van der Waals surface area contributed by atoms with Crippen molar-refractivity contribution in [2.75, 3.05) is 10.5 Å². The number of carbonyl (C=O) groups is 1. The molecule has 0 unspecified atom stereocenters. The largest absolute Gasteiger partial charge is 0.480 e. The van der Waals surface area contributed by atoms with E-state index in [4.69, 9.17) is 5.11 Å². The van der Waals surface area contributed by atoms with Gasteiger partial charge in [0.1, 0.15) is 0 Å². The predicted octanol–water partition coefficient (Wildman–Crippen LogP) is 1.08. The third-order valence-corrected chi connectivity index (χ3v) is 3.12. The molecule has 0 atom stereocenters. The van der Waals surface area contributed by atoms with Crippen LogP contribution in [-0.4, -0.2) is 25.2 Å². The molecule has 0 bridgehead atoms. The maximum Gasteiger partial charge on any atom is 0.320 e. The van der Waals surface area contributed by atoms with Crippen LogP contribution in [0.25, 0.3) is 0 Å². The molecule has 0 heterocycles. The average Bonchev–Trinajstić information content (AvgIpc) is 2.16. The SMILES string of the molecule is CCc1ccc(NS(=O)(=O)CC(=O)O)cc1. The molecule has 16 heavy (non-hydrogen) atoms. The quantitative estimate of drug-likeness (QED) is 0.810. The van der Waals surface area contributed by atoms with Crippen molar-refractivity contribution in [1.82, 2.24) is 0 Å². The fourth-order valence-corrected chi connectivity index (χ4v) is 2.08. The second-order valence-corrected chi connectivity index (χ2v) is 5.03. The van der Waals surface area contributed by atoms with Crippen LogP contribution in [0, 0.1) is 0 Å². The van der Waals surface area contributed by atoms with Gasteiger partial charge in [0.25, 0.3) is 0 Å². The van der Waals surface area contributed by atoms with Gasteiger partial charge in [-0.05, 0) is 24.1 Å². The van der Waals surface area contributed by atoms with Crippen molar-refractivity contribution in [3.8, 4) is 0 Å². The lowest BCUT2D eigenvalue weighted by atomic mass is 10.2. The molecule has 0 radical (unpaired) electrons. The summed E-state index contributed by atoms with van der Waals surface area (Å²) in [5.41, 5.74) is 1.46. The van der Waals surface area contributed by atoms with Crippen molar-refractivity contribution in [2.45, 2.75) is 13.3 Å². The first-order chi connectivity index (χ1) is 7.43. The fourth-order valence-electron chi connectivity index (χ4n) is 1.19. The monoisotopic (exact) mass is 243 g/mol. The van der Waals surface area contributed by atoms with Crippen LogP contribution in [0.2, 0.25) is 0 Å². The molecule has 1 aromatic carbocycles. The van der Waals surface area contributed by atoms with E-state index in [1.165, 1.54) is 0 Å². The van der Waals surface area contributed by atoms with Crippen molar-refractivity contribution in [3.63, 3.8) is 0 Å². The van der Waals surface area contributed by atoms with Crippen LogP contribution >= 0.6 is 0 Å². The Morgan fingerprint density at radius 3 is 2.31 bits per heavy atom. The van der Waals surface area contributed by atoms with E-state index in [0.717, 1.165) is 12.0 Å². The number of benzene rings is 1. The summed E-state index contributed by atoms with van der Waals surface area (Å²) >= 11 is 0. The smallest absolute Gasteiger partial charge is 0.320 e. The van der Waals surface area contributed by atoms with E-state index < -0.39 is 21.7 Å². The Morgan fingerprint density at radius 2 is 1.88 bits per heavy atom. The molecule has 5 nitrogen and oxygen atoms in total. The summed E-state index contributed by atoms with van der Waals surface area (Å²) < 4.78 is 24.7. The summed E-state index contributed by atoms with van der Waals surface area (Å²) in [6.07, 6.45) is 0.863. The van der Waals surface area contributed by atoms with E-state index in [1.807, 2.05) is 6.92 Å². The van der Waals surface area contributed by atoms with Gasteiger partial charge in [-0.2, -0.15) is 0 Å². The Bertz CT molecular complexity index is 464. The molecule has 1 rings (SSSR count). The standard InChI is InChI=1S/C10H13NO4S/c1-2-8-3-5-9(6-4-8)11-16(14,15)7-10(12)13/h3-6,11H,2,7H2,1H3,(H,12,13). The molecule has 0 aromatic heterocycles. The van der Waals surface area contributed by atoms with Crippen molar-refractivity contribution in [2.24, 2.45) is 0 Å². The third-order valence-electron chi connectivity index (χ3n) is 1.95. The molecule has 0 aliphatic carbocycles. The van der Waals surface area contributed by atoms with Gasteiger partial charge in [-0.3, -0.25) is 9.52 Å². The van der Waals surface area contributed by atoms with E-state index in [2.05, 4.69) is 4.72 Å². The number of aryl methyl sites for hydroxylation is 1. The summed E-state index contributed by atoms with van der Waals surface area (Å²) in [5, 5.41) is 8.39. The van der Waals surface area contributed by atoms with E-state index in [1.54, 1.807) is 24.3 Å². The molecule has 0 saturated heterocycles. The van der Waals surface area contributed by atoms with Crippen molar-refractivity contribution >= 4 is 21.7 Å². The molecular weight excluding hydrogens is 230 g/mol. The molecular formula is C10H13NO4S. The van der Waals surface area contributed by atoms with Crippen LogP contribution in [0.3, 0.4) is 0 Å². The number of carboxylic acids is 1. The van der Waals surface area contributed by atoms with Gasteiger partial charge in [0.05, 0.1) is 0 Å². The Labute approximate surface area is 94.2 Å². The Balaban J connectivity index is 2.76. The molecule has 6 heteroatoms. The highest BCUT2D eigenvalue weighted by Crippen LogP contribution is 2.11.